The van der Waals surface area contributed by atoms with Gasteiger partial charge in [0.05, 0.1) is 11.1 Å². The fraction of sp³-hybridized carbons (Fsp3) is 0. The molecule has 0 atom stereocenters. The quantitative estimate of drug-likeness (QED) is 0.471. The molecule has 0 radical (unpaired) electrons. The Morgan fingerprint density at radius 2 is 1.83 bits per heavy atom. The molecule has 2 aromatic carbocycles. The van der Waals surface area contributed by atoms with Crippen LogP contribution in [0.1, 0.15) is 32.0 Å². The van der Waals surface area contributed by atoms with Gasteiger partial charge in [-0.25, -0.2) is 14.8 Å². The highest BCUT2D eigenvalue weighted by Crippen LogP contribution is 2.19. The Morgan fingerprint density at radius 3 is 2.62 bits per heavy atom. The number of nitrogens with one attached hydrogen (secondary N) is 2. The number of carbonyl (C=O) groups excluding carboxylic acids is 1. The van der Waals surface area contributed by atoms with Crippen molar-refractivity contribution in [2.24, 2.45) is 0 Å². The van der Waals surface area contributed by atoms with Gasteiger partial charge in [0.25, 0.3) is 5.91 Å². The summed E-state index contributed by atoms with van der Waals surface area (Å²) in [6, 6.07) is 17.4. The number of hydrogen-bond donors (Lipinski definition) is 3. The number of aromatic carboxylic acids is 1. The van der Waals surface area contributed by atoms with Crippen LogP contribution in [0.5, 0.6) is 0 Å². The summed E-state index contributed by atoms with van der Waals surface area (Å²) in [6.45, 7) is 0. The number of aromatic nitrogens is 3. The number of carboxylic acids is 1. The Hall–Kier alpha value is -4.44. The number of carboxylic acid groups (broad SMARTS) is 1. The number of pyridine rings is 1. The average Bonchev–Trinajstić information content (AvgIpc) is 3.15. The van der Waals surface area contributed by atoms with Crippen LogP contribution >= 0.6 is 0 Å². The Balaban J connectivity index is 1.56. The van der Waals surface area contributed by atoms with E-state index in [1.54, 1.807) is 24.3 Å². The van der Waals surface area contributed by atoms with Crippen molar-refractivity contribution in [1.82, 2.24) is 15.0 Å². The van der Waals surface area contributed by atoms with Crippen molar-refractivity contribution in [2.45, 2.75) is 0 Å². The van der Waals surface area contributed by atoms with E-state index in [2.05, 4.69) is 32.1 Å². The largest absolute Gasteiger partial charge is 0.478 e. The summed E-state index contributed by atoms with van der Waals surface area (Å²) in [6.07, 6.45) is 1.51. The predicted octanol–water partition coefficient (Wildman–Crippen LogP) is 3.31. The number of rotatable bonds is 3. The zero-order valence-corrected chi connectivity index (χ0v) is 15.0. The summed E-state index contributed by atoms with van der Waals surface area (Å²) in [7, 11) is 0. The van der Waals surface area contributed by atoms with E-state index < -0.39 is 11.9 Å². The Bertz CT molecular complexity index is 1280. The highest BCUT2D eigenvalue weighted by atomic mass is 16.4. The molecule has 0 aliphatic heterocycles. The molecule has 0 spiro atoms. The number of fused-ring (bicyclic) bond motifs is 1. The molecule has 7 nitrogen and oxygen atoms in total. The molecular weight excluding hydrogens is 368 g/mol. The third-order valence-electron chi connectivity index (χ3n) is 4.11. The first kappa shape index (κ1) is 17.9. The predicted molar refractivity (Wildman–Crippen MR) is 108 cm³/mol. The highest BCUT2D eigenvalue weighted by molar-refractivity contribution is 6.05. The molecule has 29 heavy (non-hydrogen) atoms. The van der Waals surface area contributed by atoms with Gasteiger partial charge >= 0.3 is 5.97 Å². The van der Waals surface area contributed by atoms with Gasteiger partial charge in [0.2, 0.25) is 5.95 Å². The maximum atomic E-state index is 12.6. The summed E-state index contributed by atoms with van der Waals surface area (Å²) in [5.74, 6) is 4.59. The molecule has 140 valence electrons. The Kier molecular flexibility index (Phi) is 4.74. The molecule has 0 aliphatic carbocycles. The number of carbonyl (C=O) groups is 2. The second-order valence-electron chi connectivity index (χ2n) is 6.09. The molecule has 0 aliphatic rings. The van der Waals surface area contributed by atoms with E-state index in [0.29, 0.717) is 16.8 Å². The first-order valence-corrected chi connectivity index (χ1v) is 8.66. The first-order valence-electron chi connectivity index (χ1n) is 8.66. The van der Waals surface area contributed by atoms with E-state index in [-0.39, 0.29) is 17.0 Å². The molecule has 1 amide bonds. The summed E-state index contributed by atoms with van der Waals surface area (Å²) in [4.78, 5) is 35.1. The molecule has 0 saturated carbocycles. The number of amides is 1. The van der Waals surface area contributed by atoms with Crippen molar-refractivity contribution >= 4 is 28.9 Å². The Morgan fingerprint density at radius 1 is 1.00 bits per heavy atom. The zero-order valence-electron chi connectivity index (χ0n) is 15.0. The minimum Gasteiger partial charge on any atom is -0.478 e. The van der Waals surface area contributed by atoms with Gasteiger partial charge in [0, 0.05) is 17.3 Å². The third kappa shape index (κ3) is 3.96. The van der Waals surface area contributed by atoms with Crippen molar-refractivity contribution < 1.29 is 14.7 Å². The number of aromatic amines is 1. The SMILES string of the molecule is O=C(Nc1nc2c(C(=O)O)cccc2[nH]1)c1ccnc(C#Cc2ccccc2)c1. The number of nitrogens with zero attached hydrogens (tertiary/aromatic N) is 2. The van der Waals surface area contributed by atoms with Crippen molar-refractivity contribution in [3.05, 3.63) is 89.2 Å². The Labute approximate surface area is 165 Å². The van der Waals surface area contributed by atoms with Gasteiger partial charge < -0.3 is 10.1 Å². The molecule has 2 aromatic heterocycles. The number of hydrogen-bond acceptors (Lipinski definition) is 4. The number of benzene rings is 2. The fourth-order valence-corrected chi connectivity index (χ4v) is 2.74. The van der Waals surface area contributed by atoms with Gasteiger partial charge in [0.15, 0.2) is 0 Å². The summed E-state index contributed by atoms with van der Waals surface area (Å²) in [5, 5.41) is 11.9. The van der Waals surface area contributed by atoms with E-state index in [9.17, 15) is 14.7 Å². The maximum absolute atomic E-state index is 12.6. The maximum Gasteiger partial charge on any atom is 0.337 e. The van der Waals surface area contributed by atoms with Gasteiger partial charge in [-0.2, -0.15) is 0 Å². The lowest BCUT2D eigenvalue weighted by Gasteiger charge is -2.02. The van der Waals surface area contributed by atoms with Crippen molar-refractivity contribution in [3.63, 3.8) is 0 Å². The van der Waals surface area contributed by atoms with Crippen LogP contribution in [0.3, 0.4) is 0 Å². The molecule has 0 saturated heterocycles. The van der Waals surface area contributed by atoms with Gasteiger partial charge in [-0.15, -0.1) is 0 Å². The van der Waals surface area contributed by atoms with Crippen LogP contribution in [0, 0.1) is 11.8 Å². The third-order valence-corrected chi connectivity index (χ3v) is 4.11. The molecule has 0 fully saturated rings. The molecule has 0 bridgehead atoms. The summed E-state index contributed by atoms with van der Waals surface area (Å²) >= 11 is 0. The summed E-state index contributed by atoms with van der Waals surface area (Å²) in [5.41, 5.74) is 2.52. The zero-order chi connectivity index (χ0) is 20.2. The highest BCUT2D eigenvalue weighted by Gasteiger charge is 2.14. The second kappa shape index (κ2) is 7.66. The molecule has 2 heterocycles. The summed E-state index contributed by atoms with van der Waals surface area (Å²) < 4.78 is 0. The molecule has 3 N–H and O–H groups in total. The van der Waals surface area contributed by atoms with Crippen molar-refractivity contribution in [3.8, 4) is 11.8 Å². The van der Waals surface area contributed by atoms with Gasteiger partial charge in [-0.1, -0.05) is 30.2 Å². The van der Waals surface area contributed by atoms with E-state index in [1.165, 1.54) is 12.3 Å². The van der Waals surface area contributed by atoms with Gasteiger partial charge in [-0.3, -0.25) is 10.1 Å². The number of anilines is 1. The van der Waals surface area contributed by atoms with Crippen LogP contribution in [0.4, 0.5) is 5.95 Å². The average molecular weight is 382 g/mol. The van der Waals surface area contributed by atoms with Crippen LogP contribution in [0.15, 0.2) is 66.9 Å². The van der Waals surface area contributed by atoms with Crippen LogP contribution in [0.25, 0.3) is 11.0 Å². The normalized spacial score (nSPS) is 10.2. The van der Waals surface area contributed by atoms with Crippen LogP contribution in [0.2, 0.25) is 0 Å². The lowest BCUT2D eigenvalue weighted by molar-refractivity contribution is 0.0698. The lowest BCUT2D eigenvalue weighted by Crippen LogP contribution is -2.13. The van der Waals surface area contributed by atoms with E-state index in [4.69, 9.17) is 0 Å². The number of para-hydroxylation sites is 1. The first-order chi connectivity index (χ1) is 14.1. The van der Waals surface area contributed by atoms with Gasteiger partial charge in [0.1, 0.15) is 11.2 Å². The van der Waals surface area contributed by atoms with E-state index >= 15 is 0 Å². The smallest absolute Gasteiger partial charge is 0.337 e. The number of H-pyrrole nitrogens is 1. The molecular formula is C22H14N4O3. The second-order valence-corrected chi connectivity index (χ2v) is 6.09. The van der Waals surface area contributed by atoms with Gasteiger partial charge in [-0.05, 0) is 42.3 Å². The molecule has 4 aromatic rings. The van der Waals surface area contributed by atoms with E-state index in [1.807, 2.05) is 30.3 Å². The standard InChI is InChI=1S/C22H14N4O3/c27-20(26-22-24-18-8-4-7-17(21(28)29)19(18)25-22)15-11-12-23-16(13-15)10-9-14-5-2-1-3-6-14/h1-8,11-13H,(H,28,29)(H2,24,25,26,27). The van der Waals surface area contributed by atoms with Crippen LogP contribution < -0.4 is 5.32 Å². The topological polar surface area (TPSA) is 108 Å². The fourth-order valence-electron chi connectivity index (χ4n) is 2.74. The number of imidazole rings is 1. The molecule has 7 heteroatoms. The molecule has 4 rings (SSSR count). The van der Waals surface area contributed by atoms with Crippen LogP contribution in [-0.2, 0) is 0 Å². The minimum atomic E-state index is -1.09. The van der Waals surface area contributed by atoms with Crippen molar-refractivity contribution in [2.75, 3.05) is 5.32 Å². The lowest BCUT2D eigenvalue weighted by atomic mass is 10.2. The van der Waals surface area contributed by atoms with Crippen LogP contribution in [-0.4, -0.2) is 31.9 Å². The van der Waals surface area contributed by atoms with Crippen molar-refractivity contribution in [1.29, 1.82) is 0 Å². The minimum absolute atomic E-state index is 0.0571. The monoisotopic (exact) mass is 382 g/mol. The van der Waals surface area contributed by atoms with E-state index in [0.717, 1.165) is 5.56 Å². The molecule has 0 unspecified atom stereocenters.